The first-order chi connectivity index (χ1) is 17.8. The first kappa shape index (κ1) is 29.3. The van der Waals surface area contributed by atoms with Gasteiger partial charge in [-0.15, -0.1) is 0 Å². The number of ketones is 1. The number of carbonyl (C=O) groups is 2. The fourth-order valence-electron chi connectivity index (χ4n) is 3.96. The molecule has 0 aliphatic carbocycles. The van der Waals surface area contributed by atoms with Gasteiger partial charge in [0.25, 0.3) is 0 Å². The van der Waals surface area contributed by atoms with Crippen molar-refractivity contribution < 1.29 is 58.5 Å². The molecular formula is C28H25N2NaO6S. The zero-order chi connectivity index (χ0) is 26.5. The van der Waals surface area contributed by atoms with E-state index in [0.717, 1.165) is 11.7 Å². The summed E-state index contributed by atoms with van der Waals surface area (Å²) in [5, 5.41) is 12.5. The fourth-order valence-corrected chi connectivity index (χ4v) is 4.48. The fraction of sp³-hybridized carbons (Fsp3) is 0.214. The van der Waals surface area contributed by atoms with Crippen LogP contribution in [0.4, 0.5) is 0 Å². The molecule has 10 heteroatoms. The first-order valence-electron chi connectivity index (χ1n) is 11.5. The number of carboxylic acids is 1. The molecule has 38 heavy (non-hydrogen) atoms. The van der Waals surface area contributed by atoms with Crippen LogP contribution < -0.4 is 48.9 Å². The Morgan fingerprint density at radius 2 is 1.53 bits per heavy atom. The molecule has 8 nitrogen and oxygen atoms in total. The normalized spacial score (nSPS) is 11.5. The largest absolute Gasteiger partial charge is 1.00 e. The van der Waals surface area contributed by atoms with Gasteiger partial charge in [0.05, 0.1) is 38.0 Å². The van der Waals surface area contributed by atoms with Crippen LogP contribution >= 0.6 is 11.7 Å². The van der Waals surface area contributed by atoms with E-state index in [0.29, 0.717) is 45.0 Å². The molecule has 0 atom stereocenters. The summed E-state index contributed by atoms with van der Waals surface area (Å²) >= 11 is 1.03. The Labute approximate surface area is 246 Å². The van der Waals surface area contributed by atoms with Crippen molar-refractivity contribution in [3.8, 4) is 17.2 Å². The van der Waals surface area contributed by atoms with Crippen LogP contribution in [0.5, 0.6) is 17.2 Å². The van der Waals surface area contributed by atoms with E-state index in [4.69, 9.17) is 14.2 Å². The third kappa shape index (κ3) is 6.60. The number of hydrogen-bond donors (Lipinski definition) is 0. The molecule has 0 saturated heterocycles. The first-order valence-corrected chi connectivity index (χ1v) is 12.2. The van der Waals surface area contributed by atoms with E-state index >= 15 is 0 Å². The number of aliphatic carboxylic acids is 1. The average Bonchev–Trinajstić information content (AvgIpc) is 3.36. The maximum absolute atomic E-state index is 13.8. The summed E-state index contributed by atoms with van der Waals surface area (Å²) in [6.45, 7) is 3.81. The Balaban J connectivity index is 0.00000400. The van der Waals surface area contributed by atoms with Gasteiger partial charge < -0.3 is 24.1 Å². The van der Waals surface area contributed by atoms with E-state index in [1.807, 2.05) is 13.8 Å². The van der Waals surface area contributed by atoms with Gasteiger partial charge in [0.15, 0.2) is 17.3 Å². The van der Waals surface area contributed by atoms with Crippen LogP contribution in [0, 0.1) is 0 Å². The summed E-state index contributed by atoms with van der Waals surface area (Å²) in [6, 6.07) is 16.7. The average molecular weight is 541 g/mol. The number of ether oxygens (including phenoxy) is 3. The smallest absolute Gasteiger partial charge is 0.545 e. The van der Waals surface area contributed by atoms with Crippen molar-refractivity contribution in [2.24, 2.45) is 0 Å². The molecule has 3 aromatic carbocycles. The zero-order valence-electron chi connectivity index (χ0n) is 21.8. The van der Waals surface area contributed by atoms with Crippen LogP contribution in [0.3, 0.4) is 0 Å². The molecule has 1 heterocycles. The van der Waals surface area contributed by atoms with Gasteiger partial charge in [-0.25, -0.2) is 0 Å². The Bertz CT molecular complexity index is 1480. The van der Waals surface area contributed by atoms with Gasteiger partial charge in [-0.2, -0.15) is 8.75 Å². The number of methoxy groups -OCH3 is 2. The van der Waals surface area contributed by atoms with Crippen molar-refractivity contribution >= 4 is 40.1 Å². The molecule has 190 valence electrons. The number of nitrogens with zero attached hydrogens (tertiary/aromatic N) is 2. The maximum Gasteiger partial charge on any atom is 1.00 e. The quantitative estimate of drug-likeness (QED) is 0.167. The second-order valence-electron chi connectivity index (χ2n) is 8.49. The predicted octanol–water partition coefficient (Wildman–Crippen LogP) is 1.13. The summed E-state index contributed by atoms with van der Waals surface area (Å²) in [5.41, 5.74) is 2.32. The molecule has 0 N–H and O–H groups in total. The van der Waals surface area contributed by atoms with Gasteiger partial charge in [0.2, 0.25) is 0 Å². The SMILES string of the molecule is COc1ccc(C/C(C(=O)c2ccc(OC(C)C)cc2)=C(\C(=O)[O-])c2ccc3nsnc3c2)cc1OC.[Na+]. The van der Waals surface area contributed by atoms with Crippen LogP contribution in [0.25, 0.3) is 16.6 Å². The number of rotatable bonds is 10. The molecule has 0 amide bonds. The summed E-state index contributed by atoms with van der Waals surface area (Å²) in [4.78, 5) is 26.3. The van der Waals surface area contributed by atoms with Crippen LogP contribution in [0.1, 0.15) is 35.3 Å². The molecule has 1 aromatic heterocycles. The van der Waals surface area contributed by atoms with Crippen molar-refractivity contribution in [1.82, 2.24) is 8.75 Å². The summed E-state index contributed by atoms with van der Waals surface area (Å²) in [5.74, 6) is -0.316. The Morgan fingerprint density at radius 3 is 2.16 bits per heavy atom. The third-order valence-electron chi connectivity index (χ3n) is 5.64. The number of fused-ring (bicyclic) bond motifs is 1. The predicted molar refractivity (Wildman–Crippen MR) is 139 cm³/mol. The van der Waals surface area contributed by atoms with Crippen molar-refractivity contribution in [2.45, 2.75) is 26.4 Å². The summed E-state index contributed by atoms with van der Waals surface area (Å²) < 4.78 is 24.8. The molecular weight excluding hydrogens is 515 g/mol. The third-order valence-corrected chi connectivity index (χ3v) is 6.20. The monoisotopic (exact) mass is 540 g/mol. The second kappa shape index (κ2) is 13.0. The Kier molecular flexibility index (Phi) is 10.0. The van der Waals surface area contributed by atoms with E-state index in [1.165, 1.54) is 14.2 Å². The molecule has 0 aliphatic heterocycles. The van der Waals surface area contributed by atoms with E-state index < -0.39 is 11.8 Å². The molecule has 4 aromatic rings. The minimum atomic E-state index is -1.47. The summed E-state index contributed by atoms with van der Waals surface area (Å²) in [7, 11) is 3.03. The molecule has 0 saturated carbocycles. The molecule has 0 fully saturated rings. The molecule has 0 unspecified atom stereocenters. The molecule has 4 rings (SSSR count). The van der Waals surface area contributed by atoms with E-state index in [2.05, 4.69) is 8.75 Å². The van der Waals surface area contributed by atoms with Crippen LogP contribution in [0.15, 0.2) is 66.2 Å². The zero-order valence-corrected chi connectivity index (χ0v) is 24.6. The van der Waals surface area contributed by atoms with Gasteiger partial charge in [-0.05, 0) is 73.5 Å². The van der Waals surface area contributed by atoms with Gasteiger partial charge in [-0.1, -0.05) is 12.1 Å². The van der Waals surface area contributed by atoms with E-state index in [9.17, 15) is 14.7 Å². The van der Waals surface area contributed by atoms with Crippen molar-refractivity contribution in [1.29, 1.82) is 0 Å². The van der Waals surface area contributed by atoms with Gasteiger partial charge in [-0.3, -0.25) is 4.79 Å². The van der Waals surface area contributed by atoms with Crippen molar-refractivity contribution in [3.63, 3.8) is 0 Å². The second-order valence-corrected chi connectivity index (χ2v) is 9.02. The van der Waals surface area contributed by atoms with Crippen LogP contribution in [-0.2, 0) is 11.2 Å². The van der Waals surface area contributed by atoms with E-state index in [1.54, 1.807) is 60.7 Å². The van der Waals surface area contributed by atoms with Crippen molar-refractivity contribution in [3.05, 3.63) is 82.9 Å². The molecule has 0 spiro atoms. The number of carboxylic acid groups (broad SMARTS) is 1. The number of aromatic nitrogens is 2. The minimum absolute atomic E-state index is 0. The van der Waals surface area contributed by atoms with E-state index in [-0.39, 0.29) is 53.2 Å². The number of hydrogen-bond acceptors (Lipinski definition) is 9. The van der Waals surface area contributed by atoms with Gasteiger partial charge in [0, 0.05) is 23.1 Å². The maximum atomic E-state index is 13.8. The number of Topliss-reactive ketones (excluding diaryl/α,β-unsaturated/α-hetero) is 1. The summed E-state index contributed by atoms with van der Waals surface area (Å²) in [6.07, 6.45) is -0.0121. The number of carbonyl (C=O) groups excluding carboxylic acids is 2. The molecule has 0 radical (unpaired) electrons. The topological polar surface area (TPSA) is 111 Å². The Hall–Kier alpha value is -3.24. The standard InChI is InChI=1S/C28H26N2O6S.Na/c1-16(2)36-20-9-6-18(7-10-20)27(31)21(13-17-5-12-24(34-3)25(14-17)35-4)26(28(32)33)19-8-11-22-23(15-19)30-37-29-22;/h5-12,14-16H,13H2,1-4H3,(H,32,33);/q;+1/p-1/b26-21+;. The number of benzene rings is 3. The van der Waals surface area contributed by atoms with Crippen molar-refractivity contribution in [2.75, 3.05) is 14.2 Å². The van der Waals surface area contributed by atoms with Crippen LogP contribution in [-0.4, -0.2) is 40.8 Å². The number of allylic oxidation sites excluding steroid dienone is 1. The molecule has 0 bridgehead atoms. The van der Waals surface area contributed by atoms with Crippen LogP contribution in [0.2, 0.25) is 0 Å². The van der Waals surface area contributed by atoms with Gasteiger partial charge in [0.1, 0.15) is 16.8 Å². The Morgan fingerprint density at radius 1 is 0.868 bits per heavy atom. The minimum Gasteiger partial charge on any atom is -0.545 e. The van der Waals surface area contributed by atoms with Gasteiger partial charge >= 0.3 is 29.6 Å². The molecule has 0 aliphatic rings.